The molecule has 1 unspecified atom stereocenters. The predicted molar refractivity (Wildman–Crippen MR) is 79.6 cm³/mol. The summed E-state index contributed by atoms with van der Waals surface area (Å²) in [5.74, 6) is 0.816. The predicted octanol–water partition coefficient (Wildman–Crippen LogP) is 3.24. The van der Waals surface area contributed by atoms with Crippen LogP contribution in [0.4, 0.5) is 0 Å². The topological polar surface area (TPSA) is 32.7 Å². The van der Waals surface area contributed by atoms with Crippen molar-refractivity contribution in [1.82, 2.24) is 4.90 Å². The van der Waals surface area contributed by atoms with Crippen molar-refractivity contribution in [2.24, 2.45) is 0 Å². The molecule has 0 aromatic heterocycles. The molecule has 0 aliphatic heterocycles. The van der Waals surface area contributed by atoms with Gasteiger partial charge in [-0.3, -0.25) is 0 Å². The highest BCUT2D eigenvalue weighted by Crippen LogP contribution is 2.27. The molecule has 0 radical (unpaired) electrons. The SMILES string of the molecule is CCCOc1ccccc1C(O)CCN(CC)CC. The highest BCUT2D eigenvalue weighted by molar-refractivity contribution is 5.35. The molecule has 3 heteroatoms. The maximum atomic E-state index is 10.3. The van der Waals surface area contributed by atoms with Gasteiger partial charge in [-0.2, -0.15) is 0 Å². The third kappa shape index (κ3) is 5.21. The van der Waals surface area contributed by atoms with E-state index in [-0.39, 0.29) is 0 Å². The third-order valence-corrected chi connectivity index (χ3v) is 3.35. The van der Waals surface area contributed by atoms with E-state index < -0.39 is 6.10 Å². The van der Waals surface area contributed by atoms with Gasteiger partial charge in [0.25, 0.3) is 0 Å². The lowest BCUT2D eigenvalue weighted by Crippen LogP contribution is -2.25. The standard InChI is InChI=1S/C16H27NO2/c1-4-13-19-16-10-8-7-9-14(16)15(18)11-12-17(5-2)6-3/h7-10,15,18H,4-6,11-13H2,1-3H3. The van der Waals surface area contributed by atoms with Gasteiger partial charge < -0.3 is 14.7 Å². The molecule has 0 spiro atoms. The van der Waals surface area contributed by atoms with E-state index in [2.05, 4.69) is 25.7 Å². The zero-order valence-corrected chi connectivity index (χ0v) is 12.4. The fourth-order valence-electron chi connectivity index (χ4n) is 2.10. The highest BCUT2D eigenvalue weighted by atomic mass is 16.5. The summed E-state index contributed by atoms with van der Waals surface area (Å²) in [6.45, 7) is 10.0. The molecular formula is C16H27NO2. The van der Waals surface area contributed by atoms with Crippen molar-refractivity contribution in [3.05, 3.63) is 29.8 Å². The highest BCUT2D eigenvalue weighted by Gasteiger charge is 2.14. The normalized spacial score (nSPS) is 12.7. The zero-order chi connectivity index (χ0) is 14.1. The van der Waals surface area contributed by atoms with Gasteiger partial charge in [-0.05, 0) is 32.0 Å². The molecule has 0 bridgehead atoms. The van der Waals surface area contributed by atoms with Crippen LogP contribution in [0, 0.1) is 0 Å². The van der Waals surface area contributed by atoms with Crippen molar-refractivity contribution in [1.29, 1.82) is 0 Å². The Morgan fingerprint density at radius 3 is 2.47 bits per heavy atom. The van der Waals surface area contributed by atoms with Crippen LogP contribution in [0.2, 0.25) is 0 Å². The molecule has 0 aliphatic rings. The number of para-hydroxylation sites is 1. The molecular weight excluding hydrogens is 238 g/mol. The van der Waals surface area contributed by atoms with Gasteiger partial charge in [0.2, 0.25) is 0 Å². The van der Waals surface area contributed by atoms with Gasteiger partial charge in [-0.25, -0.2) is 0 Å². The van der Waals surface area contributed by atoms with Crippen LogP contribution in [0.3, 0.4) is 0 Å². The number of aliphatic hydroxyl groups is 1. The largest absolute Gasteiger partial charge is 0.493 e. The van der Waals surface area contributed by atoms with Crippen molar-refractivity contribution in [3.8, 4) is 5.75 Å². The molecule has 1 rings (SSSR count). The Balaban J connectivity index is 2.62. The lowest BCUT2D eigenvalue weighted by molar-refractivity contribution is 0.140. The van der Waals surface area contributed by atoms with Crippen LogP contribution in [-0.4, -0.2) is 36.2 Å². The van der Waals surface area contributed by atoms with Crippen LogP contribution in [0.5, 0.6) is 5.75 Å². The lowest BCUT2D eigenvalue weighted by atomic mass is 10.1. The minimum atomic E-state index is -0.450. The third-order valence-electron chi connectivity index (χ3n) is 3.35. The van der Waals surface area contributed by atoms with Gasteiger partial charge in [0.1, 0.15) is 5.75 Å². The van der Waals surface area contributed by atoms with Crippen LogP contribution in [0.25, 0.3) is 0 Å². The Morgan fingerprint density at radius 1 is 1.16 bits per heavy atom. The van der Waals surface area contributed by atoms with Crippen LogP contribution >= 0.6 is 0 Å². The van der Waals surface area contributed by atoms with Gasteiger partial charge in [0, 0.05) is 12.1 Å². The van der Waals surface area contributed by atoms with Gasteiger partial charge in [0.15, 0.2) is 0 Å². The van der Waals surface area contributed by atoms with Gasteiger partial charge in [-0.15, -0.1) is 0 Å². The average molecular weight is 265 g/mol. The molecule has 19 heavy (non-hydrogen) atoms. The van der Waals surface area contributed by atoms with Gasteiger partial charge >= 0.3 is 0 Å². The summed E-state index contributed by atoms with van der Waals surface area (Å²) in [5, 5.41) is 10.3. The van der Waals surface area contributed by atoms with Crippen molar-refractivity contribution < 1.29 is 9.84 Å². The van der Waals surface area contributed by atoms with Crippen LogP contribution in [0.1, 0.15) is 45.3 Å². The van der Waals surface area contributed by atoms with Crippen LogP contribution in [0.15, 0.2) is 24.3 Å². The van der Waals surface area contributed by atoms with Crippen molar-refractivity contribution >= 4 is 0 Å². The van der Waals surface area contributed by atoms with E-state index in [0.717, 1.165) is 43.8 Å². The Bertz CT molecular complexity index is 350. The Labute approximate surface area is 117 Å². The van der Waals surface area contributed by atoms with Gasteiger partial charge in [0.05, 0.1) is 12.7 Å². The maximum Gasteiger partial charge on any atom is 0.125 e. The van der Waals surface area contributed by atoms with Crippen molar-refractivity contribution in [2.45, 2.75) is 39.7 Å². The van der Waals surface area contributed by atoms with E-state index in [4.69, 9.17) is 4.74 Å². The summed E-state index contributed by atoms with van der Waals surface area (Å²) in [6, 6.07) is 7.80. The van der Waals surface area contributed by atoms with E-state index in [1.54, 1.807) is 0 Å². The maximum absolute atomic E-state index is 10.3. The van der Waals surface area contributed by atoms with E-state index in [1.807, 2.05) is 24.3 Å². The van der Waals surface area contributed by atoms with Crippen LogP contribution in [-0.2, 0) is 0 Å². The summed E-state index contributed by atoms with van der Waals surface area (Å²) in [6.07, 6.45) is 1.27. The first-order chi connectivity index (χ1) is 9.22. The number of hydrogen-bond acceptors (Lipinski definition) is 3. The fourth-order valence-corrected chi connectivity index (χ4v) is 2.10. The molecule has 1 aromatic rings. The zero-order valence-electron chi connectivity index (χ0n) is 12.4. The molecule has 1 atom stereocenters. The van der Waals surface area contributed by atoms with Crippen molar-refractivity contribution in [3.63, 3.8) is 0 Å². The minimum Gasteiger partial charge on any atom is -0.493 e. The number of hydrogen-bond donors (Lipinski definition) is 1. The average Bonchev–Trinajstić information content (AvgIpc) is 2.46. The number of rotatable bonds is 9. The number of benzene rings is 1. The quantitative estimate of drug-likeness (QED) is 0.744. The summed E-state index contributed by atoms with van der Waals surface area (Å²) >= 11 is 0. The monoisotopic (exact) mass is 265 g/mol. The second-order valence-corrected chi connectivity index (χ2v) is 4.72. The fraction of sp³-hybridized carbons (Fsp3) is 0.625. The first-order valence-electron chi connectivity index (χ1n) is 7.35. The van der Waals surface area contributed by atoms with Gasteiger partial charge in [-0.1, -0.05) is 39.0 Å². The number of nitrogens with zero attached hydrogens (tertiary/aromatic N) is 1. The molecule has 1 aromatic carbocycles. The number of aliphatic hydroxyl groups excluding tert-OH is 1. The molecule has 0 fully saturated rings. The minimum absolute atomic E-state index is 0.450. The molecule has 108 valence electrons. The lowest BCUT2D eigenvalue weighted by Gasteiger charge is -2.21. The summed E-state index contributed by atoms with van der Waals surface area (Å²) in [4.78, 5) is 2.32. The second-order valence-electron chi connectivity index (χ2n) is 4.72. The molecule has 0 heterocycles. The molecule has 0 aliphatic carbocycles. The summed E-state index contributed by atoms with van der Waals surface area (Å²) in [7, 11) is 0. The molecule has 0 saturated carbocycles. The summed E-state index contributed by atoms with van der Waals surface area (Å²) < 4.78 is 5.69. The molecule has 0 saturated heterocycles. The van der Waals surface area contributed by atoms with E-state index >= 15 is 0 Å². The van der Waals surface area contributed by atoms with E-state index in [1.165, 1.54) is 0 Å². The smallest absolute Gasteiger partial charge is 0.125 e. The second kappa shape index (κ2) is 8.94. The Hall–Kier alpha value is -1.06. The Morgan fingerprint density at radius 2 is 1.84 bits per heavy atom. The molecule has 0 amide bonds. The van der Waals surface area contributed by atoms with Crippen LogP contribution < -0.4 is 4.74 Å². The molecule has 3 nitrogen and oxygen atoms in total. The number of ether oxygens (including phenoxy) is 1. The first-order valence-corrected chi connectivity index (χ1v) is 7.35. The Kier molecular flexibility index (Phi) is 7.53. The van der Waals surface area contributed by atoms with E-state index in [9.17, 15) is 5.11 Å². The summed E-state index contributed by atoms with van der Waals surface area (Å²) in [5.41, 5.74) is 0.906. The molecule has 1 N–H and O–H groups in total. The van der Waals surface area contributed by atoms with E-state index in [0.29, 0.717) is 6.61 Å². The first kappa shape index (κ1) is 16.0. The van der Waals surface area contributed by atoms with Crippen molar-refractivity contribution in [2.75, 3.05) is 26.2 Å².